The van der Waals surface area contributed by atoms with Crippen LogP contribution in [-0.2, 0) is 9.53 Å². The Morgan fingerprint density at radius 3 is 2.62 bits per heavy atom. The zero-order valence-corrected chi connectivity index (χ0v) is 16.0. The van der Waals surface area contributed by atoms with Crippen molar-refractivity contribution in [1.29, 1.82) is 0 Å². The highest BCUT2D eigenvalue weighted by Crippen LogP contribution is 2.25. The average molecular weight is 355 g/mol. The van der Waals surface area contributed by atoms with Crippen molar-refractivity contribution in [3.8, 4) is 0 Å². The van der Waals surface area contributed by atoms with Crippen molar-refractivity contribution < 1.29 is 9.53 Å². The second-order valence-electron chi connectivity index (χ2n) is 7.54. The van der Waals surface area contributed by atoms with Crippen LogP contribution in [0.2, 0.25) is 0 Å². The quantitative estimate of drug-likeness (QED) is 0.865. The van der Waals surface area contributed by atoms with Crippen LogP contribution in [0.1, 0.15) is 13.8 Å². The lowest BCUT2D eigenvalue weighted by Crippen LogP contribution is -2.56. The van der Waals surface area contributed by atoms with Crippen LogP contribution in [0.5, 0.6) is 0 Å². The van der Waals surface area contributed by atoms with Gasteiger partial charge in [0.05, 0.1) is 19.8 Å². The number of hydrogen-bond donors (Lipinski definition) is 1. The predicted molar refractivity (Wildman–Crippen MR) is 107 cm³/mol. The van der Waals surface area contributed by atoms with Gasteiger partial charge < -0.3 is 15.0 Å². The van der Waals surface area contributed by atoms with E-state index in [2.05, 4.69) is 48.3 Å². The van der Waals surface area contributed by atoms with Crippen LogP contribution < -0.4 is 10.2 Å². The van der Waals surface area contributed by atoms with Crippen LogP contribution in [0.4, 0.5) is 5.69 Å². The Morgan fingerprint density at radius 1 is 1.15 bits per heavy atom. The highest BCUT2D eigenvalue weighted by Gasteiger charge is 2.28. The minimum absolute atomic E-state index is 0.0433. The first-order valence-electron chi connectivity index (χ1n) is 9.26. The lowest BCUT2D eigenvalue weighted by molar-refractivity contribution is -0.120. The van der Waals surface area contributed by atoms with Gasteiger partial charge in [0.15, 0.2) is 0 Å². The van der Waals surface area contributed by atoms with Gasteiger partial charge in [-0.2, -0.15) is 0 Å². The van der Waals surface area contributed by atoms with E-state index in [1.807, 2.05) is 30.1 Å². The number of anilines is 1. The standard InChI is InChI=1S/C21H29N3O2/c1-21(2,24-11-13-26-14-12-24)16-22-20(25)15-23(3)19-10-6-8-17-7-4-5-9-18(17)19/h4-10H,11-16H2,1-3H3,(H,22,25). The fourth-order valence-corrected chi connectivity index (χ4v) is 3.49. The van der Waals surface area contributed by atoms with E-state index in [0.29, 0.717) is 13.1 Å². The average Bonchev–Trinajstić information content (AvgIpc) is 2.66. The van der Waals surface area contributed by atoms with Crippen molar-refractivity contribution in [3.63, 3.8) is 0 Å². The second-order valence-corrected chi connectivity index (χ2v) is 7.54. The minimum Gasteiger partial charge on any atom is -0.379 e. The van der Waals surface area contributed by atoms with Crippen molar-refractivity contribution in [2.24, 2.45) is 0 Å². The number of nitrogens with one attached hydrogen (secondary N) is 1. The SMILES string of the molecule is CN(CC(=O)NCC(C)(C)N1CCOCC1)c1cccc2ccccc12. The predicted octanol–water partition coefficient (Wildman–Crippen LogP) is 2.50. The van der Waals surface area contributed by atoms with E-state index in [9.17, 15) is 4.79 Å². The van der Waals surface area contributed by atoms with Crippen LogP contribution in [0, 0.1) is 0 Å². The number of ether oxygens (including phenoxy) is 1. The van der Waals surface area contributed by atoms with Crippen molar-refractivity contribution in [1.82, 2.24) is 10.2 Å². The lowest BCUT2D eigenvalue weighted by atomic mass is 10.0. The molecule has 2 aromatic carbocycles. The molecule has 1 fully saturated rings. The maximum atomic E-state index is 12.5. The van der Waals surface area contributed by atoms with E-state index >= 15 is 0 Å². The number of rotatable bonds is 6. The number of carbonyl (C=O) groups excluding carboxylic acids is 1. The number of morpholine rings is 1. The molecule has 2 aromatic rings. The van der Waals surface area contributed by atoms with Crippen LogP contribution in [-0.4, -0.2) is 62.8 Å². The van der Waals surface area contributed by atoms with Crippen LogP contribution >= 0.6 is 0 Å². The normalized spacial score (nSPS) is 15.8. The number of carbonyl (C=O) groups is 1. The summed E-state index contributed by atoms with van der Waals surface area (Å²) in [6.07, 6.45) is 0. The summed E-state index contributed by atoms with van der Waals surface area (Å²) in [7, 11) is 1.97. The summed E-state index contributed by atoms with van der Waals surface area (Å²) in [4.78, 5) is 16.9. The Bertz CT molecular complexity index is 749. The van der Waals surface area contributed by atoms with Crippen molar-refractivity contribution in [2.75, 3.05) is 51.3 Å². The Kier molecular flexibility index (Phi) is 5.79. The van der Waals surface area contributed by atoms with E-state index < -0.39 is 0 Å². The van der Waals surface area contributed by atoms with Gasteiger partial charge in [0, 0.05) is 43.3 Å². The molecule has 0 aromatic heterocycles. The van der Waals surface area contributed by atoms with Gasteiger partial charge in [-0.3, -0.25) is 9.69 Å². The number of amides is 1. The molecule has 0 saturated carbocycles. The summed E-state index contributed by atoms with van der Waals surface area (Å²) < 4.78 is 5.42. The molecule has 140 valence electrons. The summed E-state index contributed by atoms with van der Waals surface area (Å²) in [6.45, 7) is 8.68. The molecular weight excluding hydrogens is 326 g/mol. The summed E-state index contributed by atoms with van der Waals surface area (Å²) in [5.41, 5.74) is 1.00. The van der Waals surface area contributed by atoms with Gasteiger partial charge in [0.2, 0.25) is 5.91 Å². The van der Waals surface area contributed by atoms with Gasteiger partial charge in [-0.05, 0) is 25.3 Å². The highest BCUT2D eigenvalue weighted by molar-refractivity contribution is 5.95. The zero-order chi connectivity index (χ0) is 18.6. The Balaban J connectivity index is 1.59. The van der Waals surface area contributed by atoms with Crippen molar-refractivity contribution in [2.45, 2.75) is 19.4 Å². The molecule has 0 aliphatic carbocycles. The van der Waals surface area contributed by atoms with Gasteiger partial charge >= 0.3 is 0 Å². The van der Waals surface area contributed by atoms with Gasteiger partial charge in [-0.15, -0.1) is 0 Å². The molecule has 0 atom stereocenters. The molecule has 0 spiro atoms. The summed E-state index contributed by atoms with van der Waals surface area (Å²) >= 11 is 0. The molecule has 1 N–H and O–H groups in total. The molecule has 5 heteroatoms. The van der Waals surface area contributed by atoms with Crippen molar-refractivity contribution in [3.05, 3.63) is 42.5 Å². The molecule has 5 nitrogen and oxygen atoms in total. The number of hydrogen-bond acceptors (Lipinski definition) is 4. The summed E-state index contributed by atoms with van der Waals surface area (Å²) in [6, 6.07) is 14.5. The molecule has 1 heterocycles. The minimum atomic E-state index is -0.0720. The third kappa shape index (κ3) is 4.34. The maximum absolute atomic E-state index is 12.5. The molecule has 1 amide bonds. The van der Waals surface area contributed by atoms with Gasteiger partial charge in [0.25, 0.3) is 0 Å². The maximum Gasteiger partial charge on any atom is 0.239 e. The monoisotopic (exact) mass is 355 g/mol. The molecule has 26 heavy (non-hydrogen) atoms. The van der Waals surface area contributed by atoms with Crippen LogP contribution in [0.15, 0.2) is 42.5 Å². The molecule has 0 unspecified atom stereocenters. The number of likely N-dealkylation sites (N-methyl/N-ethyl adjacent to an activating group) is 1. The van der Waals surface area contributed by atoms with Crippen LogP contribution in [0.3, 0.4) is 0 Å². The van der Waals surface area contributed by atoms with E-state index in [0.717, 1.165) is 32.0 Å². The molecule has 0 bridgehead atoms. The lowest BCUT2D eigenvalue weighted by Gasteiger charge is -2.41. The highest BCUT2D eigenvalue weighted by atomic mass is 16.5. The first kappa shape index (κ1) is 18.7. The topological polar surface area (TPSA) is 44.8 Å². The zero-order valence-electron chi connectivity index (χ0n) is 16.0. The van der Waals surface area contributed by atoms with E-state index in [1.54, 1.807) is 0 Å². The summed E-state index contributed by atoms with van der Waals surface area (Å²) in [5.74, 6) is 0.0433. The Hall–Kier alpha value is -2.11. The van der Waals surface area contributed by atoms with Gasteiger partial charge in [-0.25, -0.2) is 0 Å². The largest absolute Gasteiger partial charge is 0.379 e. The third-order valence-corrected chi connectivity index (χ3v) is 5.14. The Morgan fingerprint density at radius 2 is 1.85 bits per heavy atom. The molecule has 1 aliphatic rings. The molecule has 3 rings (SSSR count). The van der Waals surface area contributed by atoms with Crippen molar-refractivity contribution >= 4 is 22.4 Å². The molecule has 1 aliphatic heterocycles. The fraction of sp³-hybridized carbons (Fsp3) is 0.476. The number of fused-ring (bicyclic) bond motifs is 1. The summed E-state index contributed by atoms with van der Waals surface area (Å²) in [5, 5.41) is 5.46. The van der Waals surface area contributed by atoms with E-state index in [-0.39, 0.29) is 11.4 Å². The first-order chi connectivity index (χ1) is 12.5. The molecular formula is C21H29N3O2. The fourth-order valence-electron chi connectivity index (χ4n) is 3.49. The Labute approximate surface area is 155 Å². The third-order valence-electron chi connectivity index (χ3n) is 5.14. The molecule has 1 saturated heterocycles. The van der Waals surface area contributed by atoms with Crippen LogP contribution in [0.25, 0.3) is 10.8 Å². The number of benzene rings is 2. The van der Waals surface area contributed by atoms with Gasteiger partial charge in [-0.1, -0.05) is 36.4 Å². The molecule has 0 radical (unpaired) electrons. The van der Waals surface area contributed by atoms with E-state index in [1.165, 1.54) is 10.8 Å². The first-order valence-corrected chi connectivity index (χ1v) is 9.26. The smallest absolute Gasteiger partial charge is 0.239 e. The van der Waals surface area contributed by atoms with E-state index in [4.69, 9.17) is 4.74 Å². The number of nitrogens with zero attached hydrogens (tertiary/aromatic N) is 2. The second kappa shape index (κ2) is 8.06. The van der Waals surface area contributed by atoms with Gasteiger partial charge in [0.1, 0.15) is 0 Å².